The van der Waals surface area contributed by atoms with E-state index in [1.165, 1.54) is 15.9 Å². The van der Waals surface area contributed by atoms with Crippen LogP contribution in [0.2, 0.25) is 0 Å². The summed E-state index contributed by atoms with van der Waals surface area (Å²) >= 11 is 1.36. The Morgan fingerprint density at radius 2 is 1.57 bits per heavy atom. The minimum absolute atomic E-state index is 0.157. The van der Waals surface area contributed by atoms with Gasteiger partial charge in [0.15, 0.2) is 5.01 Å². The Kier molecular flexibility index (Phi) is 4.10. The van der Waals surface area contributed by atoms with E-state index in [9.17, 15) is 4.79 Å². The summed E-state index contributed by atoms with van der Waals surface area (Å²) < 4.78 is 7.21. The van der Waals surface area contributed by atoms with Gasteiger partial charge in [-0.05, 0) is 35.4 Å². The van der Waals surface area contributed by atoms with Crippen LogP contribution in [-0.4, -0.2) is 14.6 Å². The Labute approximate surface area is 164 Å². The third-order valence-electron chi connectivity index (χ3n) is 4.47. The van der Waals surface area contributed by atoms with Gasteiger partial charge in [-0.1, -0.05) is 65.9 Å². The highest BCUT2D eigenvalue weighted by Gasteiger charge is 2.11. The molecule has 0 radical (unpaired) electrons. The number of fused-ring (bicyclic) bond motifs is 2. The molecule has 0 aliphatic heterocycles. The van der Waals surface area contributed by atoms with Gasteiger partial charge < -0.3 is 4.74 Å². The van der Waals surface area contributed by atoms with E-state index in [1.54, 1.807) is 6.07 Å². The molecule has 5 aromatic rings. The molecule has 0 amide bonds. The van der Waals surface area contributed by atoms with Crippen LogP contribution in [0.25, 0.3) is 27.0 Å². The van der Waals surface area contributed by atoms with E-state index in [0.29, 0.717) is 20.9 Å². The van der Waals surface area contributed by atoms with E-state index in [1.807, 2.05) is 60.7 Å². The van der Waals surface area contributed by atoms with Gasteiger partial charge >= 0.3 is 0 Å². The van der Waals surface area contributed by atoms with Crippen molar-refractivity contribution in [3.63, 3.8) is 0 Å². The molecule has 136 valence electrons. The van der Waals surface area contributed by atoms with Crippen molar-refractivity contribution in [2.45, 2.75) is 6.61 Å². The third-order valence-corrected chi connectivity index (χ3v) is 5.35. The Morgan fingerprint density at radius 1 is 0.857 bits per heavy atom. The molecule has 3 aromatic carbocycles. The SMILES string of the molecule is O=c1c2ccccc2nc2sc(COc3ccc(-c4ccccc4)cc3)nn12. The first-order valence-electron chi connectivity index (χ1n) is 8.84. The number of hydrogen-bond acceptors (Lipinski definition) is 5. The molecule has 28 heavy (non-hydrogen) atoms. The highest BCUT2D eigenvalue weighted by molar-refractivity contribution is 7.16. The molecular formula is C22H15N3O2S. The molecule has 0 unspecified atom stereocenters. The van der Waals surface area contributed by atoms with Crippen molar-refractivity contribution in [2.24, 2.45) is 0 Å². The van der Waals surface area contributed by atoms with Crippen LogP contribution >= 0.6 is 11.3 Å². The Balaban J connectivity index is 1.38. The highest BCUT2D eigenvalue weighted by Crippen LogP contribution is 2.23. The van der Waals surface area contributed by atoms with Gasteiger partial charge in [-0.25, -0.2) is 4.98 Å². The lowest BCUT2D eigenvalue weighted by Gasteiger charge is -2.05. The van der Waals surface area contributed by atoms with Gasteiger partial charge in [0.2, 0.25) is 4.96 Å². The number of benzene rings is 3. The molecule has 0 aliphatic rings. The largest absolute Gasteiger partial charge is 0.486 e. The molecule has 5 rings (SSSR count). The minimum Gasteiger partial charge on any atom is -0.486 e. The lowest BCUT2D eigenvalue weighted by molar-refractivity contribution is 0.304. The monoisotopic (exact) mass is 385 g/mol. The van der Waals surface area contributed by atoms with Crippen molar-refractivity contribution in [3.05, 3.63) is 94.2 Å². The molecule has 0 atom stereocenters. The van der Waals surface area contributed by atoms with E-state index in [4.69, 9.17) is 4.74 Å². The fourth-order valence-electron chi connectivity index (χ4n) is 3.07. The van der Waals surface area contributed by atoms with Gasteiger partial charge in [0, 0.05) is 0 Å². The van der Waals surface area contributed by atoms with Gasteiger partial charge in [0.1, 0.15) is 12.4 Å². The van der Waals surface area contributed by atoms with Crippen LogP contribution in [0.5, 0.6) is 5.75 Å². The summed E-state index contributed by atoms with van der Waals surface area (Å²) in [6, 6.07) is 25.4. The summed E-state index contributed by atoms with van der Waals surface area (Å²) in [6.45, 7) is 0.286. The number of hydrogen-bond donors (Lipinski definition) is 0. The Bertz CT molecular complexity index is 1330. The molecule has 0 spiro atoms. The molecule has 5 nitrogen and oxygen atoms in total. The average molecular weight is 385 g/mol. The fraction of sp³-hybridized carbons (Fsp3) is 0.0455. The smallest absolute Gasteiger partial charge is 0.283 e. The van der Waals surface area contributed by atoms with Crippen LogP contribution in [0.4, 0.5) is 0 Å². The van der Waals surface area contributed by atoms with Crippen molar-refractivity contribution >= 4 is 27.2 Å². The number of para-hydroxylation sites is 1. The maximum atomic E-state index is 12.6. The summed E-state index contributed by atoms with van der Waals surface area (Å²) in [4.78, 5) is 17.7. The lowest BCUT2D eigenvalue weighted by atomic mass is 10.1. The first-order valence-corrected chi connectivity index (χ1v) is 9.65. The van der Waals surface area contributed by atoms with Gasteiger partial charge in [0.05, 0.1) is 10.9 Å². The van der Waals surface area contributed by atoms with Crippen molar-refractivity contribution < 1.29 is 4.74 Å². The third kappa shape index (κ3) is 3.04. The number of aromatic nitrogens is 3. The average Bonchev–Trinajstić information content (AvgIpc) is 3.17. The van der Waals surface area contributed by atoms with Crippen LogP contribution in [0.3, 0.4) is 0 Å². The molecule has 6 heteroatoms. The van der Waals surface area contributed by atoms with Gasteiger partial charge in [0.25, 0.3) is 5.56 Å². The second kappa shape index (κ2) is 6.90. The zero-order valence-corrected chi connectivity index (χ0v) is 15.6. The first kappa shape index (κ1) is 16.6. The molecular weight excluding hydrogens is 370 g/mol. The number of nitrogens with zero attached hydrogens (tertiary/aromatic N) is 3. The molecule has 2 heterocycles. The van der Waals surface area contributed by atoms with Crippen LogP contribution in [0.15, 0.2) is 83.7 Å². The first-order chi connectivity index (χ1) is 13.8. The Hall–Kier alpha value is -3.51. The van der Waals surface area contributed by atoms with Crippen molar-refractivity contribution in [3.8, 4) is 16.9 Å². The van der Waals surface area contributed by atoms with Crippen LogP contribution in [0, 0.1) is 0 Å². The summed E-state index contributed by atoms with van der Waals surface area (Å²) in [7, 11) is 0. The summed E-state index contributed by atoms with van der Waals surface area (Å²) in [5.74, 6) is 0.754. The summed E-state index contributed by atoms with van der Waals surface area (Å²) in [5.41, 5.74) is 2.82. The van der Waals surface area contributed by atoms with Crippen LogP contribution in [-0.2, 0) is 6.61 Å². The maximum absolute atomic E-state index is 12.6. The quantitative estimate of drug-likeness (QED) is 0.455. The van der Waals surface area contributed by atoms with Gasteiger partial charge in [-0.2, -0.15) is 9.61 Å². The number of rotatable bonds is 4. The van der Waals surface area contributed by atoms with Crippen molar-refractivity contribution in [1.82, 2.24) is 14.6 Å². The molecule has 2 aromatic heterocycles. The predicted molar refractivity (Wildman–Crippen MR) is 111 cm³/mol. The Morgan fingerprint density at radius 3 is 2.39 bits per heavy atom. The topological polar surface area (TPSA) is 56.5 Å². The summed E-state index contributed by atoms with van der Waals surface area (Å²) in [6.07, 6.45) is 0. The minimum atomic E-state index is -0.157. The van der Waals surface area contributed by atoms with Crippen LogP contribution in [0.1, 0.15) is 5.01 Å². The molecule has 0 bridgehead atoms. The fourth-order valence-corrected chi connectivity index (χ4v) is 3.88. The normalized spacial score (nSPS) is 11.1. The van der Waals surface area contributed by atoms with E-state index in [-0.39, 0.29) is 12.2 Å². The predicted octanol–water partition coefficient (Wildman–Crippen LogP) is 4.55. The lowest BCUT2D eigenvalue weighted by Crippen LogP contribution is -2.15. The highest BCUT2D eigenvalue weighted by atomic mass is 32.1. The van der Waals surface area contributed by atoms with Crippen LogP contribution < -0.4 is 10.3 Å². The van der Waals surface area contributed by atoms with E-state index in [2.05, 4.69) is 22.2 Å². The second-order valence-corrected chi connectivity index (χ2v) is 7.34. The zero-order chi connectivity index (χ0) is 18.9. The summed E-state index contributed by atoms with van der Waals surface area (Å²) in [5, 5.41) is 5.64. The molecule has 0 N–H and O–H groups in total. The standard InChI is InChI=1S/C22H15N3O2S/c26-21-18-8-4-5-9-19(18)23-22-25(21)24-20(28-22)14-27-17-12-10-16(11-13-17)15-6-2-1-3-7-15/h1-13H,14H2. The zero-order valence-electron chi connectivity index (χ0n) is 14.8. The number of ether oxygens (including phenoxy) is 1. The van der Waals surface area contributed by atoms with E-state index in [0.717, 1.165) is 16.9 Å². The van der Waals surface area contributed by atoms with Gasteiger partial charge in [-0.3, -0.25) is 4.79 Å². The molecule has 0 saturated heterocycles. The molecule has 0 aliphatic carbocycles. The van der Waals surface area contributed by atoms with E-state index >= 15 is 0 Å². The van der Waals surface area contributed by atoms with Crippen molar-refractivity contribution in [1.29, 1.82) is 0 Å². The molecule has 0 saturated carbocycles. The second-order valence-electron chi connectivity index (χ2n) is 6.30. The van der Waals surface area contributed by atoms with E-state index < -0.39 is 0 Å². The van der Waals surface area contributed by atoms with Crippen molar-refractivity contribution in [2.75, 3.05) is 0 Å². The van der Waals surface area contributed by atoms with Gasteiger partial charge in [-0.15, -0.1) is 0 Å². The maximum Gasteiger partial charge on any atom is 0.283 e. The molecule has 0 fully saturated rings.